The van der Waals surface area contributed by atoms with Crippen molar-refractivity contribution in [1.29, 1.82) is 0 Å². The van der Waals surface area contributed by atoms with Crippen molar-refractivity contribution in [3.63, 3.8) is 0 Å². The molecule has 0 aromatic heterocycles. The highest BCUT2D eigenvalue weighted by atomic mass is 16.3. The summed E-state index contributed by atoms with van der Waals surface area (Å²) in [5.41, 5.74) is 2.24. The summed E-state index contributed by atoms with van der Waals surface area (Å²) in [5.74, 6) is 0.274. The first-order chi connectivity index (χ1) is 6.62. The maximum atomic E-state index is 9.78. The van der Waals surface area contributed by atoms with Crippen molar-refractivity contribution in [1.82, 2.24) is 0 Å². The fraction of sp³-hybridized carbons (Fsp3) is 0.571. The van der Waals surface area contributed by atoms with Gasteiger partial charge in [0.15, 0.2) is 0 Å². The molecule has 0 spiro atoms. The molecule has 0 amide bonds. The molecule has 0 atom stereocenters. The van der Waals surface area contributed by atoms with Crippen LogP contribution >= 0.6 is 0 Å². The molecule has 15 heavy (non-hydrogen) atoms. The highest BCUT2D eigenvalue weighted by Gasteiger charge is 2.21. The second-order valence-corrected chi connectivity index (χ2v) is 6.15. The molecule has 0 bridgehead atoms. The standard InChI is InChI=1S/C14H21O/c1-13(2,3)10-7-8-12(15)11(9-10)14(4,5)6/h7,9,15H,1-6H3. The first-order valence-corrected chi connectivity index (χ1v) is 5.38. The number of rotatable bonds is 0. The van der Waals surface area contributed by atoms with Crippen molar-refractivity contribution >= 4 is 0 Å². The zero-order valence-electron chi connectivity index (χ0n) is 10.6. The Morgan fingerprint density at radius 1 is 1.00 bits per heavy atom. The predicted molar refractivity (Wildman–Crippen MR) is 64.3 cm³/mol. The van der Waals surface area contributed by atoms with Crippen LogP contribution in [0.25, 0.3) is 0 Å². The minimum Gasteiger partial charge on any atom is -0.507 e. The number of hydrogen-bond donors (Lipinski definition) is 1. The van der Waals surface area contributed by atoms with Crippen LogP contribution in [0, 0.1) is 6.07 Å². The summed E-state index contributed by atoms with van der Waals surface area (Å²) in [6.45, 7) is 12.8. The van der Waals surface area contributed by atoms with E-state index in [1.54, 1.807) is 0 Å². The molecule has 0 aliphatic heterocycles. The van der Waals surface area contributed by atoms with Crippen LogP contribution in [-0.2, 0) is 10.8 Å². The van der Waals surface area contributed by atoms with E-state index < -0.39 is 0 Å². The highest BCUT2D eigenvalue weighted by molar-refractivity contribution is 5.41. The largest absolute Gasteiger partial charge is 0.507 e. The average Bonchev–Trinajstić information content (AvgIpc) is 2.00. The van der Waals surface area contributed by atoms with Gasteiger partial charge in [0.05, 0.1) is 0 Å². The van der Waals surface area contributed by atoms with E-state index in [4.69, 9.17) is 0 Å². The maximum absolute atomic E-state index is 9.78. The zero-order chi connectivity index (χ0) is 11.9. The topological polar surface area (TPSA) is 20.2 Å². The summed E-state index contributed by atoms with van der Waals surface area (Å²) < 4.78 is 0. The first kappa shape index (κ1) is 12.1. The van der Waals surface area contributed by atoms with Gasteiger partial charge in [-0.1, -0.05) is 47.6 Å². The third kappa shape index (κ3) is 2.74. The van der Waals surface area contributed by atoms with Crippen molar-refractivity contribution in [2.75, 3.05) is 0 Å². The second-order valence-electron chi connectivity index (χ2n) is 6.15. The molecule has 0 heterocycles. The third-order valence-electron chi connectivity index (χ3n) is 2.59. The van der Waals surface area contributed by atoms with Crippen LogP contribution in [0.5, 0.6) is 5.75 Å². The Balaban J connectivity index is 3.30. The summed E-state index contributed by atoms with van der Waals surface area (Å²) in [6, 6.07) is 6.91. The molecule has 0 aliphatic rings. The predicted octanol–water partition coefficient (Wildman–Crippen LogP) is 3.79. The highest BCUT2D eigenvalue weighted by Crippen LogP contribution is 2.34. The number of phenols is 1. The molecule has 0 saturated carbocycles. The van der Waals surface area contributed by atoms with Crippen LogP contribution in [0.2, 0.25) is 0 Å². The van der Waals surface area contributed by atoms with Crippen LogP contribution in [0.3, 0.4) is 0 Å². The lowest BCUT2D eigenvalue weighted by atomic mass is 9.80. The lowest BCUT2D eigenvalue weighted by Crippen LogP contribution is -2.16. The van der Waals surface area contributed by atoms with E-state index in [0.29, 0.717) is 0 Å². The Hall–Kier alpha value is -0.980. The van der Waals surface area contributed by atoms with Gasteiger partial charge in [0.2, 0.25) is 0 Å². The molecule has 0 aliphatic carbocycles. The Morgan fingerprint density at radius 3 is 1.93 bits per heavy atom. The van der Waals surface area contributed by atoms with Crippen molar-refractivity contribution in [3.8, 4) is 5.75 Å². The van der Waals surface area contributed by atoms with Crippen LogP contribution in [0.15, 0.2) is 12.1 Å². The molecule has 0 fully saturated rings. The fourth-order valence-corrected chi connectivity index (χ4v) is 1.49. The van der Waals surface area contributed by atoms with Gasteiger partial charge in [-0.25, -0.2) is 0 Å². The SMILES string of the molecule is CC(C)(C)c1c[c]c(O)c(C(C)(C)C)c1. The van der Waals surface area contributed by atoms with Crippen LogP contribution in [0.1, 0.15) is 52.7 Å². The fourth-order valence-electron chi connectivity index (χ4n) is 1.49. The summed E-state index contributed by atoms with van der Waals surface area (Å²) in [5, 5.41) is 9.78. The van der Waals surface area contributed by atoms with Crippen molar-refractivity contribution < 1.29 is 5.11 Å². The van der Waals surface area contributed by atoms with Gasteiger partial charge in [-0.3, -0.25) is 0 Å². The van der Waals surface area contributed by atoms with E-state index in [-0.39, 0.29) is 16.6 Å². The maximum Gasteiger partial charge on any atom is 0.127 e. The second kappa shape index (κ2) is 3.55. The minimum atomic E-state index is -0.0398. The van der Waals surface area contributed by atoms with E-state index in [9.17, 15) is 5.11 Å². The first-order valence-electron chi connectivity index (χ1n) is 5.38. The van der Waals surface area contributed by atoms with Gasteiger partial charge in [0.1, 0.15) is 5.75 Å². The monoisotopic (exact) mass is 205 g/mol. The molecule has 1 radical (unpaired) electrons. The van der Waals surface area contributed by atoms with Crippen LogP contribution in [0.4, 0.5) is 0 Å². The molecule has 1 N–H and O–H groups in total. The van der Waals surface area contributed by atoms with Crippen LogP contribution in [-0.4, -0.2) is 5.11 Å². The van der Waals surface area contributed by atoms with E-state index >= 15 is 0 Å². The lowest BCUT2D eigenvalue weighted by Gasteiger charge is -2.25. The molecule has 1 rings (SSSR count). The Morgan fingerprint density at radius 2 is 1.53 bits per heavy atom. The minimum absolute atomic E-state index is 0.0398. The number of aromatic hydroxyl groups is 1. The summed E-state index contributed by atoms with van der Waals surface area (Å²) in [6.07, 6.45) is 0. The zero-order valence-corrected chi connectivity index (χ0v) is 10.6. The van der Waals surface area contributed by atoms with Crippen molar-refractivity contribution in [2.24, 2.45) is 0 Å². The van der Waals surface area contributed by atoms with Gasteiger partial charge < -0.3 is 5.11 Å². The van der Waals surface area contributed by atoms with E-state index in [1.165, 1.54) is 5.56 Å². The van der Waals surface area contributed by atoms with Gasteiger partial charge in [-0.15, -0.1) is 0 Å². The smallest absolute Gasteiger partial charge is 0.127 e. The van der Waals surface area contributed by atoms with Gasteiger partial charge in [0.25, 0.3) is 0 Å². The Bertz CT molecular complexity index is 351. The number of benzene rings is 1. The van der Waals surface area contributed by atoms with Gasteiger partial charge in [-0.2, -0.15) is 0 Å². The number of phenolic OH excluding ortho intramolecular Hbond substituents is 1. The van der Waals surface area contributed by atoms with Gasteiger partial charge >= 0.3 is 0 Å². The van der Waals surface area contributed by atoms with Crippen molar-refractivity contribution in [3.05, 3.63) is 29.3 Å². The quantitative estimate of drug-likeness (QED) is 0.683. The summed E-state index contributed by atoms with van der Waals surface area (Å²) in [4.78, 5) is 0. The van der Waals surface area contributed by atoms with Gasteiger partial charge in [-0.05, 0) is 22.5 Å². The number of hydrogen-bond acceptors (Lipinski definition) is 1. The molecule has 1 nitrogen and oxygen atoms in total. The molecule has 1 heteroatoms. The molecule has 1 aromatic carbocycles. The van der Waals surface area contributed by atoms with Crippen LogP contribution < -0.4 is 0 Å². The molecule has 83 valence electrons. The summed E-state index contributed by atoms with van der Waals surface area (Å²) >= 11 is 0. The average molecular weight is 205 g/mol. The molecular weight excluding hydrogens is 184 g/mol. The molecular formula is C14H21O. The summed E-state index contributed by atoms with van der Waals surface area (Å²) in [7, 11) is 0. The lowest BCUT2D eigenvalue weighted by molar-refractivity contribution is 0.443. The Kier molecular flexibility index (Phi) is 2.86. The van der Waals surface area contributed by atoms with E-state index in [2.05, 4.69) is 53.7 Å². The van der Waals surface area contributed by atoms with Gasteiger partial charge in [0, 0.05) is 11.6 Å². The Labute approximate surface area is 93.1 Å². The van der Waals surface area contributed by atoms with E-state index in [1.807, 2.05) is 6.07 Å². The van der Waals surface area contributed by atoms with Crippen molar-refractivity contribution in [2.45, 2.75) is 52.4 Å². The third-order valence-corrected chi connectivity index (χ3v) is 2.59. The normalized spacial score (nSPS) is 12.9. The molecule has 1 aromatic rings. The molecule has 0 saturated heterocycles. The molecule has 0 unspecified atom stereocenters. The van der Waals surface area contributed by atoms with E-state index in [0.717, 1.165) is 5.56 Å².